The number of morpholine rings is 1. The summed E-state index contributed by atoms with van der Waals surface area (Å²) in [6.45, 7) is 6.69. The molecular weight excluding hydrogens is 254 g/mol. The zero-order valence-electron chi connectivity index (χ0n) is 12.6. The molecule has 0 saturated carbocycles. The van der Waals surface area contributed by atoms with Crippen LogP contribution in [0, 0.1) is 0 Å². The number of ether oxygens (including phenoxy) is 2. The second kappa shape index (κ2) is 5.94. The minimum atomic E-state index is -0.771. The molecule has 1 saturated heterocycles. The van der Waals surface area contributed by atoms with Crippen LogP contribution in [0.1, 0.15) is 32.4 Å². The molecule has 1 amide bonds. The van der Waals surface area contributed by atoms with Crippen LogP contribution in [0.2, 0.25) is 0 Å². The topological polar surface area (TPSA) is 38.8 Å². The van der Waals surface area contributed by atoms with Gasteiger partial charge in [0.15, 0.2) is 0 Å². The van der Waals surface area contributed by atoms with Gasteiger partial charge in [0.1, 0.15) is 5.60 Å². The number of hydrogen-bond acceptors (Lipinski definition) is 3. The fourth-order valence-corrected chi connectivity index (χ4v) is 2.63. The molecule has 4 nitrogen and oxygen atoms in total. The maximum Gasteiger partial charge on any atom is 0.255 e. The molecule has 1 fully saturated rings. The second-order valence-electron chi connectivity index (χ2n) is 5.73. The zero-order valence-corrected chi connectivity index (χ0v) is 12.6. The van der Waals surface area contributed by atoms with E-state index >= 15 is 0 Å². The van der Waals surface area contributed by atoms with Crippen LogP contribution < -0.4 is 0 Å². The third-order valence-corrected chi connectivity index (χ3v) is 3.84. The van der Waals surface area contributed by atoms with Gasteiger partial charge in [-0.3, -0.25) is 4.79 Å². The molecule has 0 bridgehead atoms. The van der Waals surface area contributed by atoms with E-state index < -0.39 is 5.60 Å². The van der Waals surface area contributed by atoms with Crippen molar-refractivity contribution in [1.82, 2.24) is 4.90 Å². The molecule has 1 aliphatic heterocycles. The maximum absolute atomic E-state index is 12.7. The van der Waals surface area contributed by atoms with Crippen LogP contribution in [0.5, 0.6) is 0 Å². The Hall–Kier alpha value is -1.39. The number of amides is 1. The van der Waals surface area contributed by atoms with E-state index in [4.69, 9.17) is 9.47 Å². The lowest BCUT2D eigenvalue weighted by Crippen LogP contribution is -2.60. The molecule has 20 heavy (non-hydrogen) atoms. The first-order chi connectivity index (χ1) is 9.47. The zero-order chi connectivity index (χ0) is 14.8. The van der Waals surface area contributed by atoms with Crippen molar-refractivity contribution >= 4 is 5.91 Å². The van der Waals surface area contributed by atoms with Crippen molar-refractivity contribution in [3.05, 3.63) is 35.9 Å². The molecule has 0 aromatic heterocycles. The van der Waals surface area contributed by atoms with Gasteiger partial charge in [0.05, 0.1) is 25.3 Å². The molecule has 2 atom stereocenters. The first-order valence-corrected chi connectivity index (χ1v) is 6.98. The Labute approximate surface area is 120 Å². The van der Waals surface area contributed by atoms with Crippen molar-refractivity contribution in [2.45, 2.75) is 38.5 Å². The van der Waals surface area contributed by atoms with Crippen LogP contribution in [-0.2, 0) is 14.3 Å². The van der Waals surface area contributed by atoms with Crippen LogP contribution in [-0.4, -0.2) is 42.8 Å². The molecule has 2 unspecified atom stereocenters. The highest BCUT2D eigenvalue weighted by Gasteiger charge is 2.43. The Morgan fingerprint density at radius 3 is 2.65 bits per heavy atom. The number of methoxy groups -OCH3 is 1. The maximum atomic E-state index is 12.7. The summed E-state index contributed by atoms with van der Waals surface area (Å²) >= 11 is 0. The lowest BCUT2D eigenvalue weighted by Gasteiger charge is -2.45. The van der Waals surface area contributed by atoms with Gasteiger partial charge >= 0.3 is 0 Å². The van der Waals surface area contributed by atoms with Crippen LogP contribution in [0.15, 0.2) is 30.3 Å². The van der Waals surface area contributed by atoms with Crippen molar-refractivity contribution in [2.75, 3.05) is 20.3 Å². The average molecular weight is 277 g/mol. The quantitative estimate of drug-likeness (QED) is 0.848. The van der Waals surface area contributed by atoms with Crippen molar-refractivity contribution in [3.63, 3.8) is 0 Å². The first-order valence-electron chi connectivity index (χ1n) is 6.98. The summed E-state index contributed by atoms with van der Waals surface area (Å²) in [5, 5.41) is 0. The summed E-state index contributed by atoms with van der Waals surface area (Å²) in [7, 11) is 1.65. The number of rotatable bonds is 4. The first kappa shape index (κ1) is 15.0. The van der Waals surface area contributed by atoms with Gasteiger partial charge in [0.2, 0.25) is 0 Å². The van der Waals surface area contributed by atoms with E-state index in [0.29, 0.717) is 13.2 Å². The Bertz CT molecular complexity index is 458. The molecule has 0 radical (unpaired) electrons. The number of hydrogen-bond donors (Lipinski definition) is 0. The lowest BCUT2D eigenvalue weighted by molar-refractivity contribution is -0.181. The van der Waals surface area contributed by atoms with Gasteiger partial charge in [-0.25, -0.2) is 0 Å². The lowest BCUT2D eigenvalue weighted by atomic mass is 9.98. The summed E-state index contributed by atoms with van der Waals surface area (Å²) < 4.78 is 10.9. The van der Waals surface area contributed by atoms with E-state index in [-0.39, 0.29) is 18.0 Å². The predicted octanol–water partition coefficient (Wildman–Crippen LogP) is 2.40. The largest absolute Gasteiger partial charge is 0.382 e. The number of carbonyl (C=O) groups excluding carboxylic acids is 1. The molecule has 1 aromatic carbocycles. The van der Waals surface area contributed by atoms with Gasteiger partial charge < -0.3 is 14.4 Å². The van der Waals surface area contributed by atoms with Gasteiger partial charge in [0, 0.05) is 7.11 Å². The van der Waals surface area contributed by atoms with E-state index in [9.17, 15) is 4.79 Å². The summed E-state index contributed by atoms with van der Waals surface area (Å²) in [5.74, 6) is 0.0159. The monoisotopic (exact) mass is 277 g/mol. The van der Waals surface area contributed by atoms with Crippen LogP contribution in [0.3, 0.4) is 0 Å². The van der Waals surface area contributed by atoms with E-state index in [1.807, 2.05) is 49.1 Å². The van der Waals surface area contributed by atoms with Crippen LogP contribution >= 0.6 is 0 Å². The number of nitrogens with zero attached hydrogens (tertiary/aromatic N) is 1. The molecular formula is C16H23NO3. The van der Waals surface area contributed by atoms with Gasteiger partial charge in [0.25, 0.3) is 5.91 Å². The van der Waals surface area contributed by atoms with E-state index in [1.54, 1.807) is 7.11 Å². The third-order valence-electron chi connectivity index (χ3n) is 3.84. The highest BCUT2D eigenvalue weighted by atomic mass is 16.5. The van der Waals surface area contributed by atoms with Gasteiger partial charge in [-0.15, -0.1) is 0 Å². The van der Waals surface area contributed by atoms with Gasteiger partial charge in [-0.2, -0.15) is 0 Å². The van der Waals surface area contributed by atoms with Gasteiger partial charge in [-0.05, 0) is 26.3 Å². The standard InChI is InChI=1S/C16H23NO3/c1-12(13-8-6-5-7-9-13)17-14(10-19-4)11-20-16(2,3)15(17)18/h5-9,12,14H,10-11H2,1-4H3. The molecule has 0 N–H and O–H groups in total. The Morgan fingerprint density at radius 1 is 1.40 bits per heavy atom. The fourth-order valence-electron chi connectivity index (χ4n) is 2.63. The van der Waals surface area contributed by atoms with Crippen molar-refractivity contribution < 1.29 is 14.3 Å². The van der Waals surface area contributed by atoms with Gasteiger partial charge in [-0.1, -0.05) is 30.3 Å². The average Bonchev–Trinajstić information content (AvgIpc) is 2.44. The smallest absolute Gasteiger partial charge is 0.255 e. The number of benzene rings is 1. The summed E-state index contributed by atoms with van der Waals surface area (Å²) in [5.41, 5.74) is 0.354. The van der Waals surface area contributed by atoms with Crippen LogP contribution in [0.4, 0.5) is 0 Å². The summed E-state index contributed by atoms with van der Waals surface area (Å²) in [6.07, 6.45) is 0. The Kier molecular flexibility index (Phi) is 4.45. The highest BCUT2D eigenvalue weighted by Crippen LogP contribution is 2.31. The van der Waals surface area contributed by atoms with Crippen LogP contribution in [0.25, 0.3) is 0 Å². The SMILES string of the molecule is COCC1COC(C)(C)C(=O)N1C(C)c1ccccc1. The normalized spacial score (nSPS) is 23.7. The molecule has 1 aromatic rings. The predicted molar refractivity (Wildman–Crippen MR) is 77.4 cm³/mol. The fraction of sp³-hybridized carbons (Fsp3) is 0.562. The molecule has 1 aliphatic rings. The second-order valence-corrected chi connectivity index (χ2v) is 5.73. The van der Waals surface area contributed by atoms with E-state index in [2.05, 4.69) is 6.92 Å². The summed E-state index contributed by atoms with van der Waals surface area (Å²) in [4.78, 5) is 14.6. The van der Waals surface area contributed by atoms with E-state index in [1.165, 1.54) is 0 Å². The van der Waals surface area contributed by atoms with E-state index in [0.717, 1.165) is 5.56 Å². The molecule has 0 spiro atoms. The Morgan fingerprint density at radius 2 is 2.05 bits per heavy atom. The third kappa shape index (κ3) is 2.86. The molecule has 4 heteroatoms. The molecule has 110 valence electrons. The molecule has 2 rings (SSSR count). The highest BCUT2D eigenvalue weighted by molar-refractivity contribution is 5.85. The minimum Gasteiger partial charge on any atom is -0.382 e. The van der Waals surface area contributed by atoms with Crippen molar-refractivity contribution in [1.29, 1.82) is 0 Å². The van der Waals surface area contributed by atoms with Crippen molar-refractivity contribution in [3.8, 4) is 0 Å². The summed E-state index contributed by atoms with van der Waals surface area (Å²) in [6, 6.07) is 10.0. The minimum absolute atomic E-state index is 0.00650. The van der Waals surface area contributed by atoms with Crippen molar-refractivity contribution in [2.24, 2.45) is 0 Å². The molecule has 1 heterocycles. The number of carbonyl (C=O) groups is 1. The Balaban J connectivity index is 2.29. The molecule has 0 aliphatic carbocycles.